The van der Waals surface area contributed by atoms with Gasteiger partial charge in [-0.15, -0.1) is 11.3 Å². The lowest BCUT2D eigenvalue weighted by Gasteiger charge is -2.43. The molecule has 1 N–H and O–H groups in total. The summed E-state index contributed by atoms with van der Waals surface area (Å²) in [7, 11) is 0. The van der Waals surface area contributed by atoms with E-state index in [9.17, 15) is 5.11 Å². The molecule has 1 aromatic heterocycles. The topological polar surface area (TPSA) is 48.3 Å². The van der Waals surface area contributed by atoms with E-state index in [-0.39, 0.29) is 23.9 Å². The minimum Gasteiger partial charge on any atom is -0.508 e. The van der Waals surface area contributed by atoms with Crippen molar-refractivity contribution in [2.75, 3.05) is 13.1 Å². The molecule has 216 valence electrons. The van der Waals surface area contributed by atoms with Crippen molar-refractivity contribution in [3.63, 3.8) is 0 Å². The van der Waals surface area contributed by atoms with Gasteiger partial charge in [-0.05, 0) is 66.4 Å². The lowest BCUT2D eigenvalue weighted by molar-refractivity contribution is -0.0728. The number of halogens is 1. The van der Waals surface area contributed by atoms with Crippen LogP contribution in [0, 0.1) is 0 Å². The fourth-order valence-electron chi connectivity index (χ4n) is 7.05. The molecule has 0 bridgehead atoms. The standard InChI is InChI=1S/C36H32ClN3O2S/c37-33-28-10-4-5-11-30(28)43-31(33)22-40-35(25-14-12-23(13-15-25)21-39-18-6-7-19-39)29-20-26(41)16-17-27(29)32-34(38-42-36(32)40)24-8-2-1-3-9-24/h1-5,8-17,20,32,35-36,41H,6-7,18-19,21-22H2/t32-,35+,36+/m0/s1. The van der Waals surface area contributed by atoms with E-state index in [1.165, 1.54) is 36.2 Å². The van der Waals surface area contributed by atoms with E-state index >= 15 is 0 Å². The van der Waals surface area contributed by atoms with Gasteiger partial charge >= 0.3 is 0 Å². The van der Waals surface area contributed by atoms with Crippen molar-refractivity contribution in [2.45, 2.75) is 44.1 Å². The van der Waals surface area contributed by atoms with Crippen molar-refractivity contribution in [3.05, 3.63) is 135 Å². The summed E-state index contributed by atoms with van der Waals surface area (Å²) in [6.07, 6.45) is 2.24. The zero-order valence-corrected chi connectivity index (χ0v) is 25.3. The van der Waals surface area contributed by atoms with Gasteiger partial charge in [0, 0.05) is 33.6 Å². The van der Waals surface area contributed by atoms with Crippen molar-refractivity contribution in [3.8, 4) is 5.75 Å². The highest BCUT2D eigenvalue weighted by atomic mass is 35.5. The number of oxime groups is 1. The number of aromatic hydroxyl groups is 1. The Morgan fingerprint density at radius 3 is 2.42 bits per heavy atom. The van der Waals surface area contributed by atoms with Crippen LogP contribution in [0.2, 0.25) is 5.02 Å². The molecule has 3 aliphatic heterocycles. The monoisotopic (exact) mass is 605 g/mol. The fourth-order valence-corrected chi connectivity index (χ4v) is 8.56. The minimum atomic E-state index is -0.331. The first-order chi connectivity index (χ1) is 21.1. The van der Waals surface area contributed by atoms with Crippen LogP contribution in [0.3, 0.4) is 0 Å². The van der Waals surface area contributed by atoms with Crippen LogP contribution in [0.15, 0.2) is 102 Å². The number of phenolic OH excluding ortho intramolecular Hbond substituents is 1. The third-order valence-corrected chi connectivity index (χ3v) is 10.8. The number of rotatable bonds is 6. The molecule has 5 nitrogen and oxygen atoms in total. The number of hydrogen-bond donors (Lipinski definition) is 1. The molecule has 3 atom stereocenters. The van der Waals surface area contributed by atoms with Gasteiger partial charge in [0.05, 0.1) is 22.7 Å². The van der Waals surface area contributed by atoms with Gasteiger partial charge in [-0.3, -0.25) is 4.90 Å². The Labute approximate surface area is 260 Å². The molecular weight excluding hydrogens is 574 g/mol. The second-order valence-electron chi connectivity index (χ2n) is 11.8. The first-order valence-electron chi connectivity index (χ1n) is 15.0. The van der Waals surface area contributed by atoms with Gasteiger partial charge in [0.1, 0.15) is 5.75 Å². The van der Waals surface area contributed by atoms with Gasteiger partial charge in [-0.2, -0.15) is 0 Å². The smallest absolute Gasteiger partial charge is 0.194 e. The van der Waals surface area contributed by atoms with E-state index in [0.717, 1.165) is 49.8 Å². The van der Waals surface area contributed by atoms with Crippen LogP contribution in [0.25, 0.3) is 10.1 Å². The van der Waals surface area contributed by atoms with Crippen molar-refractivity contribution in [1.82, 2.24) is 9.80 Å². The molecule has 0 saturated carbocycles. The van der Waals surface area contributed by atoms with E-state index in [2.05, 4.69) is 64.4 Å². The normalized spacial score (nSPS) is 21.9. The predicted molar refractivity (Wildman–Crippen MR) is 174 cm³/mol. The average molecular weight is 606 g/mol. The maximum atomic E-state index is 10.8. The highest BCUT2D eigenvalue weighted by molar-refractivity contribution is 7.19. The van der Waals surface area contributed by atoms with Crippen LogP contribution >= 0.6 is 22.9 Å². The summed E-state index contributed by atoms with van der Waals surface area (Å²) in [5, 5.41) is 17.4. The summed E-state index contributed by atoms with van der Waals surface area (Å²) in [5.41, 5.74) is 6.63. The van der Waals surface area contributed by atoms with Gasteiger partial charge in [0.15, 0.2) is 6.23 Å². The third-order valence-electron chi connectivity index (χ3n) is 9.09. The predicted octanol–water partition coefficient (Wildman–Crippen LogP) is 8.31. The summed E-state index contributed by atoms with van der Waals surface area (Å²) in [6, 6.07) is 33.2. The molecular formula is C36H32ClN3O2S. The summed E-state index contributed by atoms with van der Waals surface area (Å²) in [6.45, 7) is 3.91. The maximum Gasteiger partial charge on any atom is 0.194 e. The van der Waals surface area contributed by atoms with E-state index in [0.29, 0.717) is 6.54 Å². The second kappa shape index (κ2) is 11.1. The van der Waals surface area contributed by atoms with Crippen molar-refractivity contribution in [1.29, 1.82) is 0 Å². The van der Waals surface area contributed by atoms with Gasteiger partial charge in [0.2, 0.25) is 0 Å². The molecule has 0 amide bonds. The molecule has 43 heavy (non-hydrogen) atoms. The first kappa shape index (κ1) is 26.9. The Bertz CT molecular complexity index is 1810. The van der Waals surface area contributed by atoms with Crippen LogP contribution < -0.4 is 0 Å². The van der Waals surface area contributed by atoms with Crippen molar-refractivity contribution in [2.24, 2.45) is 5.16 Å². The zero-order chi connectivity index (χ0) is 28.9. The van der Waals surface area contributed by atoms with Crippen LogP contribution in [0.5, 0.6) is 5.75 Å². The molecule has 1 saturated heterocycles. The fraction of sp³-hybridized carbons (Fsp3) is 0.250. The molecule has 0 spiro atoms. The lowest BCUT2D eigenvalue weighted by atomic mass is 9.78. The third kappa shape index (κ3) is 4.83. The van der Waals surface area contributed by atoms with E-state index < -0.39 is 0 Å². The Kier molecular flexibility index (Phi) is 6.95. The van der Waals surface area contributed by atoms with Gasteiger partial charge in [0.25, 0.3) is 0 Å². The van der Waals surface area contributed by atoms with Crippen molar-refractivity contribution >= 4 is 38.7 Å². The van der Waals surface area contributed by atoms with Crippen LogP contribution in [0.4, 0.5) is 0 Å². The number of thiophene rings is 1. The summed E-state index contributed by atoms with van der Waals surface area (Å²) in [4.78, 5) is 12.4. The summed E-state index contributed by atoms with van der Waals surface area (Å²) < 4.78 is 1.17. The Hall–Kier alpha value is -3.68. The largest absolute Gasteiger partial charge is 0.508 e. The molecule has 4 aromatic carbocycles. The number of fused-ring (bicyclic) bond motifs is 4. The van der Waals surface area contributed by atoms with Gasteiger partial charge in [-0.25, -0.2) is 4.90 Å². The molecule has 1 fully saturated rings. The second-order valence-corrected chi connectivity index (χ2v) is 13.3. The van der Waals surface area contributed by atoms with Crippen LogP contribution in [-0.4, -0.2) is 39.9 Å². The van der Waals surface area contributed by atoms with E-state index in [1.54, 1.807) is 17.4 Å². The van der Waals surface area contributed by atoms with Crippen LogP contribution in [0.1, 0.15) is 57.5 Å². The van der Waals surface area contributed by atoms with Crippen molar-refractivity contribution < 1.29 is 9.94 Å². The molecule has 8 rings (SSSR count). The number of benzene rings is 4. The maximum absolute atomic E-state index is 10.8. The Morgan fingerprint density at radius 2 is 1.63 bits per heavy atom. The van der Waals surface area contributed by atoms with Gasteiger partial charge < -0.3 is 9.94 Å². The van der Waals surface area contributed by atoms with E-state index in [1.807, 2.05) is 36.4 Å². The zero-order valence-electron chi connectivity index (χ0n) is 23.7. The lowest BCUT2D eigenvalue weighted by Crippen LogP contribution is -2.46. The Balaban J connectivity index is 1.25. The molecule has 5 aromatic rings. The van der Waals surface area contributed by atoms with Gasteiger partial charge in [-0.1, -0.05) is 95.6 Å². The number of nitrogens with zero attached hydrogens (tertiary/aromatic N) is 3. The number of hydrogen-bond acceptors (Lipinski definition) is 6. The summed E-state index contributed by atoms with van der Waals surface area (Å²) >= 11 is 8.76. The molecule has 3 aliphatic rings. The van der Waals surface area contributed by atoms with Crippen LogP contribution in [-0.2, 0) is 17.9 Å². The Morgan fingerprint density at radius 1 is 0.860 bits per heavy atom. The quantitative estimate of drug-likeness (QED) is 0.211. The first-order valence-corrected chi connectivity index (χ1v) is 16.2. The molecule has 0 unspecified atom stereocenters. The number of phenols is 1. The molecule has 0 radical (unpaired) electrons. The molecule has 7 heteroatoms. The average Bonchev–Trinajstić information content (AvgIpc) is 3.78. The SMILES string of the molecule is Oc1ccc2c(c1)[C@@H](c1ccc(CN3CCCC3)cc1)N(Cc1sc3ccccc3c1Cl)[C@@H]1ON=C(c3ccccc3)[C@H]21. The molecule has 4 heterocycles. The van der Waals surface area contributed by atoms with E-state index in [4.69, 9.17) is 21.6 Å². The number of likely N-dealkylation sites (tertiary alicyclic amines) is 1. The minimum absolute atomic E-state index is 0.114. The highest BCUT2D eigenvalue weighted by Gasteiger charge is 2.49. The molecule has 0 aliphatic carbocycles. The summed E-state index contributed by atoms with van der Waals surface area (Å²) in [5.74, 6) is 0.140. The highest BCUT2D eigenvalue weighted by Crippen LogP contribution is 2.50.